The van der Waals surface area contributed by atoms with E-state index in [9.17, 15) is 14.4 Å². The van der Waals surface area contributed by atoms with Crippen LogP contribution in [0.3, 0.4) is 0 Å². The van der Waals surface area contributed by atoms with Gasteiger partial charge in [-0.3, -0.25) is 9.59 Å². The van der Waals surface area contributed by atoms with E-state index in [4.69, 9.17) is 0 Å². The Morgan fingerprint density at radius 1 is 1.16 bits per heavy atom. The molecule has 1 atom stereocenters. The summed E-state index contributed by atoms with van der Waals surface area (Å²) in [6.45, 7) is 5.83. The first-order valence-corrected chi connectivity index (χ1v) is 7.03. The molecule has 2 amide bonds. The minimum absolute atomic E-state index is 0.00811. The highest BCUT2D eigenvalue weighted by Gasteiger charge is 2.23. The summed E-state index contributed by atoms with van der Waals surface area (Å²) < 4.78 is 0. The van der Waals surface area contributed by atoms with Crippen molar-refractivity contribution in [2.24, 2.45) is 5.92 Å². The minimum Gasteiger partial charge on any atom is -0.348 e. The van der Waals surface area contributed by atoms with Crippen molar-refractivity contribution in [1.82, 2.24) is 10.6 Å². The van der Waals surface area contributed by atoms with Crippen LogP contribution in [0.25, 0.3) is 0 Å². The largest absolute Gasteiger partial charge is 0.348 e. The normalized spacial score (nSPS) is 12.0. The highest BCUT2D eigenvalue weighted by molar-refractivity contribution is 5.88. The lowest BCUT2D eigenvalue weighted by Crippen LogP contribution is -2.50. The topological polar surface area (TPSA) is 75.3 Å². The molecule has 19 heavy (non-hydrogen) atoms. The second-order valence-corrected chi connectivity index (χ2v) is 5.01. The quantitative estimate of drug-likeness (QED) is 0.465. The van der Waals surface area contributed by atoms with Gasteiger partial charge in [-0.05, 0) is 12.3 Å². The van der Waals surface area contributed by atoms with Gasteiger partial charge in [-0.25, -0.2) is 0 Å². The van der Waals surface area contributed by atoms with Crippen molar-refractivity contribution >= 4 is 18.1 Å². The molecule has 0 saturated heterocycles. The van der Waals surface area contributed by atoms with E-state index in [-0.39, 0.29) is 24.3 Å². The average Bonchev–Trinajstić information content (AvgIpc) is 2.37. The summed E-state index contributed by atoms with van der Waals surface area (Å²) in [5.74, 6) is -0.411. The molecule has 0 aliphatic carbocycles. The van der Waals surface area contributed by atoms with E-state index in [0.29, 0.717) is 12.7 Å². The molecule has 0 spiro atoms. The lowest BCUT2D eigenvalue weighted by Gasteiger charge is -2.21. The van der Waals surface area contributed by atoms with Crippen molar-refractivity contribution < 1.29 is 14.4 Å². The van der Waals surface area contributed by atoms with Crippen molar-refractivity contribution in [3.8, 4) is 0 Å². The molecular weight excluding hydrogens is 244 g/mol. The van der Waals surface area contributed by atoms with E-state index in [1.165, 1.54) is 0 Å². The molecule has 1 unspecified atom stereocenters. The Morgan fingerprint density at radius 2 is 1.84 bits per heavy atom. The van der Waals surface area contributed by atoms with Crippen LogP contribution < -0.4 is 10.6 Å². The van der Waals surface area contributed by atoms with Crippen LogP contribution in [0.4, 0.5) is 0 Å². The molecule has 0 heterocycles. The minimum atomic E-state index is -0.571. The number of carbonyl (C=O) groups excluding carboxylic acids is 3. The highest BCUT2D eigenvalue weighted by atomic mass is 16.2. The van der Waals surface area contributed by atoms with Crippen LogP contribution in [0.1, 0.15) is 52.9 Å². The number of hydrogen-bond acceptors (Lipinski definition) is 3. The van der Waals surface area contributed by atoms with Crippen LogP contribution in [0.2, 0.25) is 0 Å². The zero-order valence-corrected chi connectivity index (χ0v) is 12.2. The maximum Gasteiger partial charge on any atom is 0.243 e. The molecular formula is C14H26N2O3. The van der Waals surface area contributed by atoms with E-state index in [0.717, 1.165) is 25.7 Å². The first-order valence-electron chi connectivity index (χ1n) is 7.03. The molecule has 0 aromatic carbocycles. The molecule has 2 N–H and O–H groups in total. The zero-order chi connectivity index (χ0) is 14.7. The highest BCUT2D eigenvalue weighted by Crippen LogP contribution is 2.05. The van der Waals surface area contributed by atoms with Crippen LogP contribution in [-0.4, -0.2) is 30.7 Å². The van der Waals surface area contributed by atoms with Gasteiger partial charge >= 0.3 is 0 Å². The summed E-state index contributed by atoms with van der Waals surface area (Å²) in [5.41, 5.74) is 0. The molecule has 110 valence electrons. The molecule has 5 heteroatoms. The van der Waals surface area contributed by atoms with Crippen molar-refractivity contribution in [3.05, 3.63) is 0 Å². The first-order chi connectivity index (χ1) is 9.02. The van der Waals surface area contributed by atoms with E-state index in [1.54, 1.807) is 0 Å². The zero-order valence-electron chi connectivity index (χ0n) is 12.2. The van der Waals surface area contributed by atoms with Crippen LogP contribution in [0, 0.1) is 5.92 Å². The SMILES string of the molecule is CCCCCCC(=O)NC(C(=O)NCC=O)C(C)C. The first kappa shape index (κ1) is 17.6. The van der Waals surface area contributed by atoms with Gasteiger partial charge < -0.3 is 15.4 Å². The third-order valence-corrected chi connectivity index (χ3v) is 2.88. The maximum atomic E-state index is 11.8. The smallest absolute Gasteiger partial charge is 0.243 e. The van der Waals surface area contributed by atoms with Gasteiger partial charge in [0.05, 0.1) is 6.54 Å². The van der Waals surface area contributed by atoms with Gasteiger partial charge in [-0.2, -0.15) is 0 Å². The average molecular weight is 270 g/mol. The maximum absolute atomic E-state index is 11.8. The summed E-state index contributed by atoms with van der Waals surface area (Å²) in [6.07, 6.45) is 5.21. The van der Waals surface area contributed by atoms with Crippen LogP contribution in [-0.2, 0) is 14.4 Å². The van der Waals surface area contributed by atoms with Gasteiger partial charge in [0.25, 0.3) is 0 Å². The Morgan fingerprint density at radius 3 is 2.37 bits per heavy atom. The standard InChI is InChI=1S/C14H26N2O3/c1-4-5-6-7-8-12(18)16-13(11(2)3)14(19)15-9-10-17/h10-11,13H,4-9H2,1-3H3,(H,15,19)(H,16,18). The van der Waals surface area contributed by atoms with Crippen LogP contribution >= 0.6 is 0 Å². The van der Waals surface area contributed by atoms with Gasteiger partial charge in [0.1, 0.15) is 12.3 Å². The summed E-state index contributed by atoms with van der Waals surface area (Å²) >= 11 is 0. The van der Waals surface area contributed by atoms with Crippen molar-refractivity contribution in [1.29, 1.82) is 0 Å². The fourth-order valence-electron chi connectivity index (χ4n) is 1.75. The van der Waals surface area contributed by atoms with Crippen LogP contribution in [0.5, 0.6) is 0 Å². The molecule has 0 saturated carbocycles. The summed E-state index contributed by atoms with van der Waals surface area (Å²) in [5, 5.41) is 5.21. The Bertz CT molecular complexity index is 290. The predicted octanol–water partition coefficient (Wildman–Crippen LogP) is 1.41. The summed E-state index contributed by atoms with van der Waals surface area (Å²) in [4.78, 5) is 33.7. The number of hydrogen-bond donors (Lipinski definition) is 2. The second-order valence-electron chi connectivity index (χ2n) is 5.01. The number of unbranched alkanes of at least 4 members (excludes halogenated alkanes) is 3. The fraction of sp³-hybridized carbons (Fsp3) is 0.786. The summed E-state index contributed by atoms with van der Waals surface area (Å²) in [7, 11) is 0. The fourth-order valence-corrected chi connectivity index (χ4v) is 1.75. The molecule has 0 aromatic heterocycles. The monoisotopic (exact) mass is 270 g/mol. The van der Waals surface area contributed by atoms with E-state index < -0.39 is 6.04 Å². The van der Waals surface area contributed by atoms with E-state index >= 15 is 0 Å². The second kappa shape index (κ2) is 10.5. The molecule has 0 fully saturated rings. The van der Waals surface area contributed by atoms with E-state index in [2.05, 4.69) is 17.6 Å². The van der Waals surface area contributed by atoms with Gasteiger partial charge in [-0.1, -0.05) is 40.0 Å². The van der Waals surface area contributed by atoms with Gasteiger partial charge in [0.15, 0.2) is 0 Å². The molecule has 0 radical (unpaired) electrons. The lowest BCUT2D eigenvalue weighted by molar-refractivity contribution is -0.130. The molecule has 0 aliphatic rings. The van der Waals surface area contributed by atoms with Crippen molar-refractivity contribution in [2.45, 2.75) is 58.9 Å². The van der Waals surface area contributed by atoms with Gasteiger partial charge in [-0.15, -0.1) is 0 Å². The number of amides is 2. The molecule has 0 aromatic rings. The Balaban J connectivity index is 4.14. The lowest BCUT2D eigenvalue weighted by atomic mass is 10.0. The number of nitrogens with one attached hydrogen (secondary N) is 2. The number of rotatable bonds is 10. The number of carbonyl (C=O) groups is 3. The Kier molecular flexibility index (Phi) is 9.75. The third kappa shape index (κ3) is 8.35. The van der Waals surface area contributed by atoms with E-state index in [1.807, 2.05) is 13.8 Å². The number of aldehydes is 1. The Hall–Kier alpha value is -1.39. The predicted molar refractivity (Wildman–Crippen MR) is 74.6 cm³/mol. The molecule has 0 aliphatic heterocycles. The van der Waals surface area contributed by atoms with Crippen molar-refractivity contribution in [2.75, 3.05) is 6.54 Å². The van der Waals surface area contributed by atoms with Crippen LogP contribution in [0.15, 0.2) is 0 Å². The Labute approximate surface area is 115 Å². The molecule has 0 bridgehead atoms. The van der Waals surface area contributed by atoms with Gasteiger partial charge in [0.2, 0.25) is 11.8 Å². The molecule has 5 nitrogen and oxygen atoms in total. The summed E-state index contributed by atoms with van der Waals surface area (Å²) in [6, 6.07) is -0.571. The van der Waals surface area contributed by atoms with Gasteiger partial charge in [0, 0.05) is 6.42 Å². The van der Waals surface area contributed by atoms with Crippen molar-refractivity contribution in [3.63, 3.8) is 0 Å². The third-order valence-electron chi connectivity index (χ3n) is 2.88. The molecule has 0 rings (SSSR count).